The maximum atomic E-state index is 10.8. The Balaban J connectivity index is 1.82. The first kappa shape index (κ1) is 21.1. The fraction of sp³-hybridized carbons (Fsp3) is 0.304. The van der Waals surface area contributed by atoms with E-state index >= 15 is 0 Å². The Hall–Kier alpha value is -3.66. The second-order valence-electron chi connectivity index (χ2n) is 7.17. The Kier molecular flexibility index (Phi) is 7.17. The molecule has 1 saturated carbocycles. The molecule has 1 heterocycles. The Morgan fingerprint density at radius 1 is 1.33 bits per heavy atom. The number of nitriles is 1. The molecular formula is C23H25N5O2. The number of allylic oxidation sites excluding steroid dienone is 1. The summed E-state index contributed by atoms with van der Waals surface area (Å²) in [5.41, 5.74) is 3.93. The molecule has 7 nitrogen and oxygen atoms in total. The molecule has 3 rings (SSSR count). The molecule has 1 aliphatic carbocycles. The Labute approximate surface area is 176 Å². The van der Waals surface area contributed by atoms with Crippen molar-refractivity contribution < 1.29 is 9.90 Å². The maximum Gasteiger partial charge on any atom is 0.303 e. The van der Waals surface area contributed by atoms with Crippen molar-refractivity contribution in [3.8, 4) is 6.19 Å². The highest BCUT2D eigenvalue weighted by atomic mass is 16.4. The molecule has 0 aliphatic heterocycles. The number of aliphatic imine (C=N–C) groups is 1. The average molecular weight is 403 g/mol. The van der Waals surface area contributed by atoms with Gasteiger partial charge >= 0.3 is 5.97 Å². The molecule has 1 fully saturated rings. The summed E-state index contributed by atoms with van der Waals surface area (Å²) in [4.78, 5) is 21.4. The molecule has 0 bridgehead atoms. The van der Waals surface area contributed by atoms with Gasteiger partial charge in [0.2, 0.25) is 5.96 Å². The average Bonchev–Trinajstić information content (AvgIpc) is 3.58. The highest BCUT2D eigenvalue weighted by Crippen LogP contribution is 2.27. The van der Waals surface area contributed by atoms with Crippen LogP contribution in [0.2, 0.25) is 0 Å². The lowest BCUT2D eigenvalue weighted by molar-refractivity contribution is -0.137. The van der Waals surface area contributed by atoms with Crippen molar-refractivity contribution in [2.24, 2.45) is 4.99 Å². The molecule has 1 aromatic heterocycles. The maximum absolute atomic E-state index is 10.8. The van der Waals surface area contributed by atoms with Crippen molar-refractivity contribution in [1.82, 2.24) is 10.3 Å². The molecule has 2 aromatic rings. The minimum Gasteiger partial charge on any atom is -0.481 e. The zero-order valence-electron chi connectivity index (χ0n) is 17.0. The fourth-order valence-electron chi connectivity index (χ4n) is 3.04. The summed E-state index contributed by atoms with van der Waals surface area (Å²) in [6, 6.07) is 12.2. The van der Waals surface area contributed by atoms with Crippen LogP contribution in [0.15, 0.2) is 59.9 Å². The van der Waals surface area contributed by atoms with E-state index in [4.69, 9.17) is 10.4 Å². The molecule has 0 radical (unpaired) electrons. The molecule has 30 heavy (non-hydrogen) atoms. The van der Waals surface area contributed by atoms with Crippen molar-refractivity contribution in [1.29, 1.82) is 5.26 Å². The van der Waals surface area contributed by atoms with Crippen molar-refractivity contribution in [2.45, 2.75) is 38.1 Å². The van der Waals surface area contributed by atoms with Gasteiger partial charge in [-0.3, -0.25) is 15.1 Å². The van der Waals surface area contributed by atoms with Gasteiger partial charge in [-0.2, -0.15) is 5.26 Å². The number of rotatable bonds is 8. The van der Waals surface area contributed by atoms with Gasteiger partial charge in [-0.15, -0.1) is 0 Å². The number of unbranched alkanes of at least 4 members (excludes halogenated alkanes) is 1. The Morgan fingerprint density at radius 3 is 2.70 bits per heavy atom. The first-order valence-corrected chi connectivity index (χ1v) is 9.98. The van der Waals surface area contributed by atoms with E-state index in [9.17, 15) is 4.79 Å². The minimum atomic E-state index is -0.784. The van der Waals surface area contributed by atoms with Gasteiger partial charge in [0, 0.05) is 37.1 Å². The van der Waals surface area contributed by atoms with E-state index in [-0.39, 0.29) is 6.42 Å². The topological polar surface area (TPSA) is 102 Å². The summed E-state index contributed by atoms with van der Waals surface area (Å²) in [5.74, 6) is -0.238. The zero-order chi connectivity index (χ0) is 21.3. The molecule has 1 aromatic carbocycles. The molecule has 0 amide bonds. The van der Waals surface area contributed by atoms with Gasteiger partial charge in [-0.1, -0.05) is 24.3 Å². The van der Waals surface area contributed by atoms with Gasteiger partial charge in [0.25, 0.3) is 0 Å². The van der Waals surface area contributed by atoms with E-state index in [1.54, 1.807) is 12.4 Å². The van der Waals surface area contributed by atoms with Crippen LogP contribution < -0.4 is 10.2 Å². The number of carbonyl (C=O) groups is 1. The quantitative estimate of drug-likeness (QED) is 0.229. The number of aliphatic carboxylic acids is 1. The van der Waals surface area contributed by atoms with E-state index in [1.807, 2.05) is 54.5 Å². The largest absolute Gasteiger partial charge is 0.481 e. The number of anilines is 1. The van der Waals surface area contributed by atoms with Crippen LogP contribution in [0.1, 0.15) is 43.2 Å². The lowest BCUT2D eigenvalue weighted by Gasteiger charge is -2.20. The van der Waals surface area contributed by atoms with Gasteiger partial charge in [0.05, 0.1) is 6.04 Å². The number of nitrogens with zero attached hydrogens (tertiary/aromatic N) is 4. The van der Waals surface area contributed by atoms with Crippen LogP contribution in [0.3, 0.4) is 0 Å². The smallest absolute Gasteiger partial charge is 0.303 e. The third-order valence-electron chi connectivity index (χ3n) is 4.82. The lowest BCUT2D eigenvalue weighted by Crippen LogP contribution is -2.36. The van der Waals surface area contributed by atoms with Crippen LogP contribution in [0.5, 0.6) is 0 Å². The van der Waals surface area contributed by atoms with Gasteiger partial charge in [-0.25, -0.2) is 4.99 Å². The summed E-state index contributed by atoms with van der Waals surface area (Å²) >= 11 is 0. The number of guanidine groups is 1. The monoisotopic (exact) mass is 403 g/mol. The molecule has 0 atom stereocenters. The van der Waals surface area contributed by atoms with E-state index < -0.39 is 5.97 Å². The fourth-order valence-corrected chi connectivity index (χ4v) is 3.04. The van der Waals surface area contributed by atoms with E-state index in [2.05, 4.69) is 21.4 Å². The van der Waals surface area contributed by atoms with Crippen molar-refractivity contribution >= 4 is 23.2 Å². The highest BCUT2D eigenvalue weighted by Gasteiger charge is 2.22. The number of pyridine rings is 1. The van der Waals surface area contributed by atoms with E-state index in [1.165, 1.54) is 0 Å². The van der Waals surface area contributed by atoms with Crippen LogP contribution in [-0.4, -0.2) is 35.1 Å². The molecule has 1 aliphatic rings. The van der Waals surface area contributed by atoms with Gasteiger partial charge in [-0.05, 0) is 55.0 Å². The number of hydrogen-bond acceptors (Lipinski definition) is 4. The summed E-state index contributed by atoms with van der Waals surface area (Å²) in [6.07, 6.45) is 11.1. The van der Waals surface area contributed by atoms with Gasteiger partial charge < -0.3 is 10.0 Å². The predicted octanol–water partition coefficient (Wildman–Crippen LogP) is 3.79. The third-order valence-corrected chi connectivity index (χ3v) is 4.82. The molecule has 0 saturated heterocycles. The molecule has 0 unspecified atom stereocenters. The molecule has 154 valence electrons. The molecule has 7 heteroatoms. The Morgan fingerprint density at radius 2 is 2.10 bits per heavy atom. The SMILES string of the molecule is CN(C(=NC1CC1)NC#N)c1ccc(C(=CCCCC(=O)O)c2cccnc2)cc1. The molecule has 0 spiro atoms. The molecular weight excluding hydrogens is 378 g/mol. The summed E-state index contributed by atoms with van der Waals surface area (Å²) in [6.45, 7) is 0. The Bertz CT molecular complexity index is 957. The standard InChI is InChI=1S/C23H25N5O2/c1-28(23(26-16-24)27-19-10-11-19)20-12-8-17(9-13-20)21(6-2-3-7-22(29)30)18-5-4-14-25-15-18/h4-6,8-9,12-15,19H,2-3,7,10-11H2,1H3,(H,26,27)(H,29,30). The zero-order valence-corrected chi connectivity index (χ0v) is 17.0. The summed E-state index contributed by atoms with van der Waals surface area (Å²) in [7, 11) is 1.88. The van der Waals surface area contributed by atoms with Crippen molar-refractivity contribution in [3.63, 3.8) is 0 Å². The number of carboxylic acid groups (broad SMARTS) is 1. The van der Waals surface area contributed by atoms with E-state index in [0.717, 1.165) is 35.2 Å². The minimum absolute atomic E-state index is 0.148. The second-order valence-corrected chi connectivity index (χ2v) is 7.17. The lowest BCUT2D eigenvalue weighted by atomic mass is 9.97. The number of aromatic nitrogens is 1. The van der Waals surface area contributed by atoms with Crippen molar-refractivity contribution in [3.05, 3.63) is 66.0 Å². The van der Waals surface area contributed by atoms with E-state index in [0.29, 0.717) is 24.8 Å². The van der Waals surface area contributed by atoms with Crippen LogP contribution in [0.25, 0.3) is 5.57 Å². The van der Waals surface area contributed by atoms with Gasteiger partial charge in [0.1, 0.15) is 0 Å². The first-order valence-electron chi connectivity index (χ1n) is 9.98. The number of nitrogens with one attached hydrogen (secondary N) is 1. The van der Waals surface area contributed by atoms with Crippen LogP contribution in [0, 0.1) is 11.5 Å². The van der Waals surface area contributed by atoms with Crippen LogP contribution in [-0.2, 0) is 4.79 Å². The highest BCUT2D eigenvalue weighted by molar-refractivity contribution is 5.97. The number of hydrogen-bond donors (Lipinski definition) is 2. The number of carboxylic acids is 1. The predicted molar refractivity (Wildman–Crippen MR) is 117 cm³/mol. The first-order chi connectivity index (χ1) is 14.6. The van der Waals surface area contributed by atoms with Crippen molar-refractivity contribution in [2.75, 3.05) is 11.9 Å². The number of benzene rings is 1. The molecule has 2 N–H and O–H groups in total. The summed E-state index contributed by atoms with van der Waals surface area (Å²) in [5, 5.41) is 20.6. The normalized spacial score (nSPS) is 14.1. The third kappa shape index (κ3) is 5.92. The van der Waals surface area contributed by atoms with Gasteiger partial charge in [0.15, 0.2) is 6.19 Å². The van der Waals surface area contributed by atoms with Crippen LogP contribution >= 0.6 is 0 Å². The van der Waals surface area contributed by atoms with Crippen LogP contribution in [0.4, 0.5) is 5.69 Å². The summed E-state index contributed by atoms with van der Waals surface area (Å²) < 4.78 is 0. The second kappa shape index (κ2) is 10.2.